The summed E-state index contributed by atoms with van der Waals surface area (Å²) in [5.74, 6) is -0.185. The fourth-order valence-corrected chi connectivity index (χ4v) is 2.98. The first-order valence-corrected chi connectivity index (χ1v) is 7.95. The van der Waals surface area contributed by atoms with E-state index in [4.69, 9.17) is 11.6 Å². The number of nitrogens with one attached hydrogen (secondary N) is 1. The minimum absolute atomic E-state index is 0.0975. The lowest BCUT2D eigenvalue weighted by atomic mass is 10.1. The normalized spacial score (nSPS) is 12.0. The molecule has 1 N–H and O–H groups in total. The van der Waals surface area contributed by atoms with Crippen LogP contribution in [0.15, 0.2) is 51.4 Å². The molecule has 0 heterocycles. The molecule has 0 fully saturated rings. The van der Waals surface area contributed by atoms with Crippen molar-refractivity contribution in [3.63, 3.8) is 0 Å². The molecule has 0 saturated carbocycles. The van der Waals surface area contributed by atoms with Gasteiger partial charge in [-0.1, -0.05) is 55.6 Å². The van der Waals surface area contributed by atoms with Gasteiger partial charge in [-0.05, 0) is 42.8 Å². The molecule has 1 amide bonds. The molecule has 2 rings (SSSR count). The van der Waals surface area contributed by atoms with Gasteiger partial charge < -0.3 is 5.32 Å². The quantitative estimate of drug-likeness (QED) is 0.716. The van der Waals surface area contributed by atoms with Crippen LogP contribution in [0.1, 0.15) is 28.9 Å². The van der Waals surface area contributed by atoms with Gasteiger partial charge in [0.1, 0.15) is 0 Å². The van der Waals surface area contributed by atoms with Crippen molar-refractivity contribution in [3.05, 3.63) is 67.6 Å². The van der Waals surface area contributed by atoms with Crippen molar-refractivity contribution in [3.8, 4) is 0 Å². The summed E-state index contributed by atoms with van der Waals surface area (Å²) in [4.78, 5) is 12.2. The van der Waals surface area contributed by atoms with Gasteiger partial charge in [-0.3, -0.25) is 4.79 Å². The van der Waals surface area contributed by atoms with Crippen LogP contribution in [0.4, 0.5) is 0 Å². The molecular weight excluding hydrogens is 405 g/mol. The number of amides is 1. The third-order valence-electron chi connectivity index (χ3n) is 2.87. The first kappa shape index (κ1) is 15.5. The zero-order valence-corrected chi connectivity index (χ0v) is 14.6. The van der Waals surface area contributed by atoms with E-state index in [-0.39, 0.29) is 11.9 Å². The van der Waals surface area contributed by atoms with Crippen molar-refractivity contribution in [2.75, 3.05) is 0 Å². The molecule has 0 aliphatic carbocycles. The van der Waals surface area contributed by atoms with Crippen LogP contribution in [0.2, 0.25) is 5.02 Å². The lowest BCUT2D eigenvalue weighted by Crippen LogP contribution is -2.26. The molecule has 0 spiro atoms. The van der Waals surface area contributed by atoms with Crippen LogP contribution in [-0.4, -0.2) is 5.91 Å². The zero-order chi connectivity index (χ0) is 14.7. The maximum Gasteiger partial charge on any atom is 0.253 e. The summed E-state index contributed by atoms with van der Waals surface area (Å²) in [5, 5.41) is 3.37. The molecule has 0 bridgehead atoms. The predicted molar refractivity (Wildman–Crippen MR) is 89.2 cm³/mol. The van der Waals surface area contributed by atoms with E-state index in [1.54, 1.807) is 18.2 Å². The van der Waals surface area contributed by atoms with Gasteiger partial charge in [0.15, 0.2) is 0 Å². The Morgan fingerprint density at radius 1 is 1.15 bits per heavy atom. The fraction of sp³-hybridized carbons (Fsp3) is 0.133. The van der Waals surface area contributed by atoms with Gasteiger partial charge >= 0.3 is 0 Å². The Hall–Kier alpha value is -0.840. The molecule has 2 aromatic carbocycles. The number of hydrogen-bond acceptors (Lipinski definition) is 1. The Balaban J connectivity index is 2.15. The standard InChI is InChI=1S/C15H12Br2ClNO/c1-9(10-3-2-4-11(16)7-10)19-15(20)13-6-5-12(17)8-14(13)18/h2-9H,1H3,(H,19,20). The highest BCUT2D eigenvalue weighted by molar-refractivity contribution is 9.10. The maximum absolute atomic E-state index is 12.2. The summed E-state index contributed by atoms with van der Waals surface area (Å²) in [6, 6.07) is 12.9. The van der Waals surface area contributed by atoms with Gasteiger partial charge in [0.25, 0.3) is 5.91 Å². The molecule has 0 aromatic heterocycles. The molecule has 5 heteroatoms. The Bertz CT molecular complexity index is 646. The van der Waals surface area contributed by atoms with Crippen LogP contribution < -0.4 is 5.32 Å². The van der Waals surface area contributed by atoms with E-state index in [0.29, 0.717) is 10.6 Å². The number of halogens is 3. The van der Waals surface area contributed by atoms with E-state index in [2.05, 4.69) is 37.2 Å². The van der Waals surface area contributed by atoms with Gasteiger partial charge in [-0.2, -0.15) is 0 Å². The van der Waals surface area contributed by atoms with E-state index >= 15 is 0 Å². The average molecular weight is 418 g/mol. The first-order chi connectivity index (χ1) is 9.47. The third kappa shape index (κ3) is 3.84. The fourth-order valence-electron chi connectivity index (χ4n) is 1.81. The maximum atomic E-state index is 12.2. The molecule has 0 radical (unpaired) electrons. The monoisotopic (exact) mass is 415 g/mol. The van der Waals surface area contributed by atoms with Crippen molar-refractivity contribution in [2.45, 2.75) is 13.0 Å². The van der Waals surface area contributed by atoms with Gasteiger partial charge in [0.2, 0.25) is 0 Å². The number of carbonyl (C=O) groups is 1. The summed E-state index contributed by atoms with van der Waals surface area (Å²) in [6.07, 6.45) is 0. The minimum atomic E-state index is -0.185. The molecule has 0 aliphatic heterocycles. The van der Waals surface area contributed by atoms with Crippen molar-refractivity contribution in [1.29, 1.82) is 0 Å². The largest absolute Gasteiger partial charge is 0.345 e. The van der Waals surface area contributed by atoms with E-state index in [1.165, 1.54) is 0 Å². The van der Waals surface area contributed by atoms with Gasteiger partial charge in [-0.25, -0.2) is 0 Å². The number of hydrogen-bond donors (Lipinski definition) is 1. The molecule has 1 atom stereocenters. The third-order valence-corrected chi connectivity index (χ3v) is 4.17. The van der Waals surface area contributed by atoms with Crippen LogP contribution in [0.3, 0.4) is 0 Å². The Morgan fingerprint density at radius 2 is 1.85 bits per heavy atom. The second-order valence-corrected chi connectivity index (χ2v) is 6.61. The number of benzene rings is 2. The highest BCUT2D eigenvalue weighted by Gasteiger charge is 2.14. The summed E-state index contributed by atoms with van der Waals surface area (Å²) in [7, 11) is 0. The molecule has 1 unspecified atom stereocenters. The number of carbonyl (C=O) groups excluding carboxylic acids is 1. The second kappa shape index (κ2) is 6.74. The van der Waals surface area contributed by atoms with Gasteiger partial charge in [0.05, 0.1) is 16.6 Å². The van der Waals surface area contributed by atoms with Crippen molar-refractivity contribution in [1.82, 2.24) is 5.32 Å². The molecular formula is C15H12Br2ClNO. The van der Waals surface area contributed by atoms with Crippen molar-refractivity contribution >= 4 is 49.4 Å². The SMILES string of the molecule is CC(NC(=O)c1ccc(Br)cc1Cl)c1cccc(Br)c1. The predicted octanol–water partition coefficient (Wildman–Crippen LogP) is 5.36. The highest BCUT2D eigenvalue weighted by atomic mass is 79.9. The van der Waals surface area contributed by atoms with Crippen LogP contribution in [-0.2, 0) is 0 Å². The Labute approximate surface area is 139 Å². The molecule has 104 valence electrons. The summed E-state index contributed by atoms with van der Waals surface area (Å²) >= 11 is 12.8. The van der Waals surface area contributed by atoms with Gasteiger partial charge in [0, 0.05) is 8.95 Å². The van der Waals surface area contributed by atoms with Crippen molar-refractivity contribution < 1.29 is 4.79 Å². The van der Waals surface area contributed by atoms with E-state index in [9.17, 15) is 4.79 Å². The second-order valence-electron chi connectivity index (χ2n) is 4.37. The Kier molecular flexibility index (Phi) is 5.24. The van der Waals surface area contributed by atoms with Crippen molar-refractivity contribution in [2.24, 2.45) is 0 Å². The van der Waals surface area contributed by atoms with Crippen LogP contribution in [0.5, 0.6) is 0 Å². The Morgan fingerprint density at radius 3 is 2.50 bits per heavy atom. The average Bonchev–Trinajstić information content (AvgIpc) is 2.38. The summed E-state index contributed by atoms with van der Waals surface area (Å²) < 4.78 is 1.83. The van der Waals surface area contributed by atoms with E-state index < -0.39 is 0 Å². The molecule has 20 heavy (non-hydrogen) atoms. The number of rotatable bonds is 3. The van der Waals surface area contributed by atoms with Gasteiger partial charge in [-0.15, -0.1) is 0 Å². The summed E-state index contributed by atoms with van der Waals surface area (Å²) in [6.45, 7) is 1.94. The first-order valence-electron chi connectivity index (χ1n) is 5.99. The molecule has 0 aliphatic rings. The van der Waals surface area contributed by atoms with Crippen LogP contribution in [0, 0.1) is 0 Å². The van der Waals surface area contributed by atoms with Crippen LogP contribution >= 0.6 is 43.5 Å². The topological polar surface area (TPSA) is 29.1 Å². The smallest absolute Gasteiger partial charge is 0.253 e. The molecule has 2 nitrogen and oxygen atoms in total. The highest BCUT2D eigenvalue weighted by Crippen LogP contribution is 2.23. The summed E-state index contributed by atoms with van der Waals surface area (Å²) in [5.41, 5.74) is 1.50. The molecule has 2 aromatic rings. The minimum Gasteiger partial charge on any atom is -0.345 e. The lowest BCUT2D eigenvalue weighted by Gasteiger charge is -2.15. The zero-order valence-electron chi connectivity index (χ0n) is 10.7. The van der Waals surface area contributed by atoms with E-state index in [0.717, 1.165) is 14.5 Å². The lowest BCUT2D eigenvalue weighted by molar-refractivity contribution is 0.0940. The van der Waals surface area contributed by atoms with E-state index in [1.807, 2.05) is 31.2 Å². The van der Waals surface area contributed by atoms with Crippen LogP contribution in [0.25, 0.3) is 0 Å². The molecule has 0 saturated heterocycles.